The van der Waals surface area contributed by atoms with Crippen LogP contribution in [0.2, 0.25) is 0 Å². The molecule has 148 valence electrons. The van der Waals surface area contributed by atoms with Gasteiger partial charge in [0.2, 0.25) is 0 Å². The fourth-order valence-corrected chi connectivity index (χ4v) is 3.94. The largest absolute Gasteiger partial charge is 0.462 e. The molecule has 0 unspecified atom stereocenters. The maximum atomic E-state index is 13.5. The molecule has 3 rings (SSSR count). The predicted octanol–water partition coefficient (Wildman–Crippen LogP) is 4.53. The lowest BCUT2D eigenvalue weighted by molar-refractivity contribution is 0.0524. The quantitative estimate of drug-likeness (QED) is 0.354. The summed E-state index contributed by atoms with van der Waals surface area (Å²) in [7, 11) is 0. The van der Waals surface area contributed by atoms with Crippen LogP contribution in [-0.2, 0) is 4.74 Å². The number of aromatic amines is 1. The molecular weight excluding hydrogens is 388 g/mol. The van der Waals surface area contributed by atoms with Gasteiger partial charge in [0.25, 0.3) is 0 Å². The first-order valence-corrected chi connectivity index (χ1v) is 9.61. The van der Waals surface area contributed by atoms with Gasteiger partial charge in [0.05, 0.1) is 34.7 Å². The van der Waals surface area contributed by atoms with E-state index in [4.69, 9.17) is 4.74 Å². The van der Waals surface area contributed by atoms with Crippen molar-refractivity contribution in [1.82, 2.24) is 14.5 Å². The topological polar surface area (TPSA) is 77.0 Å². The molecule has 0 atom stereocenters. The van der Waals surface area contributed by atoms with Gasteiger partial charge in [-0.1, -0.05) is 23.9 Å². The Balaban J connectivity index is 1.84. The Morgan fingerprint density at radius 1 is 1.29 bits per heavy atom. The monoisotopic (exact) mass is 407 g/mol. The van der Waals surface area contributed by atoms with Gasteiger partial charge < -0.3 is 9.72 Å². The number of aryl methyl sites for hydroxylation is 1. The molecule has 0 aliphatic carbocycles. The van der Waals surface area contributed by atoms with Crippen LogP contribution >= 0.6 is 11.8 Å². The molecule has 0 aliphatic rings. The van der Waals surface area contributed by atoms with Crippen LogP contribution < -0.4 is 0 Å². The third kappa shape index (κ3) is 3.66. The molecule has 1 aromatic carbocycles. The van der Waals surface area contributed by atoms with Crippen molar-refractivity contribution in [2.24, 2.45) is 0 Å². The molecule has 2 aromatic heterocycles. The maximum Gasteiger partial charge on any atom is 0.340 e. The summed E-state index contributed by atoms with van der Waals surface area (Å²) in [6, 6.07) is 6.58. The van der Waals surface area contributed by atoms with E-state index in [1.807, 2.05) is 0 Å². The zero-order chi connectivity index (χ0) is 20.4. The van der Waals surface area contributed by atoms with Crippen molar-refractivity contribution in [3.05, 3.63) is 46.8 Å². The summed E-state index contributed by atoms with van der Waals surface area (Å²) in [5.74, 6) is -0.909. The molecule has 0 fully saturated rings. The molecule has 3 aromatic rings. The van der Waals surface area contributed by atoms with Crippen molar-refractivity contribution in [1.29, 1.82) is 0 Å². The highest BCUT2D eigenvalue weighted by atomic mass is 32.2. The van der Waals surface area contributed by atoms with E-state index in [-0.39, 0.29) is 29.0 Å². The summed E-state index contributed by atoms with van der Waals surface area (Å²) in [6.45, 7) is 2.50. The smallest absolute Gasteiger partial charge is 0.340 e. The molecule has 0 amide bonds. The molecule has 0 saturated heterocycles. The van der Waals surface area contributed by atoms with E-state index in [0.717, 1.165) is 16.3 Å². The fraction of sp³-hybridized carbons (Fsp3) is 0.316. The first kappa shape index (κ1) is 20.1. The van der Waals surface area contributed by atoms with Gasteiger partial charge >= 0.3 is 12.5 Å². The number of para-hydroxylation sites is 2. The Morgan fingerprint density at radius 2 is 2.00 bits per heavy atom. The molecule has 0 bridgehead atoms. The van der Waals surface area contributed by atoms with Crippen molar-refractivity contribution in [3.8, 4) is 0 Å². The van der Waals surface area contributed by atoms with Crippen LogP contribution in [-0.4, -0.2) is 38.6 Å². The van der Waals surface area contributed by atoms with Crippen molar-refractivity contribution < 1.29 is 23.1 Å². The standard InChI is InChI=1S/C19H19F2N3O3S/c1-4-27-17(26)15-10(2)16(22-11(15)3)14(25)9-28-19-23-12-7-5-6-8-13(12)24(19)18(20)21/h5-8,18,22H,4,9H2,1-3H3. The van der Waals surface area contributed by atoms with Gasteiger partial charge in [-0.25, -0.2) is 9.78 Å². The van der Waals surface area contributed by atoms with E-state index in [0.29, 0.717) is 27.9 Å². The number of H-pyrrole nitrogens is 1. The van der Waals surface area contributed by atoms with Crippen LogP contribution in [0.3, 0.4) is 0 Å². The third-order valence-electron chi connectivity index (χ3n) is 4.29. The number of imidazole rings is 1. The summed E-state index contributed by atoms with van der Waals surface area (Å²) in [4.78, 5) is 31.8. The molecule has 28 heavy (non-hydrogen) atoms. The molecule has 0 spiro atoms. The molecule has 2 heterocycles. The average Bonchev–Trinajstić information content (AvgIpc) is 3.16. The van der Waals surface area contributed by atoms with E-state index >= 15 is 0 Å². The van der Waals surface area contributed by atoms with Gasteiger partial charge in [0, 0.05) is 5.69 Å². The fourth-order valence-electron chi connectivity index (χ4n) is 3.05. The van der Waals surface area contributed by atoms with Gasteiger partial charge in [0.1, 0.15) is 0 Å². The first-order valence-electron chi connectivity index (χ1n) is 8.62. The second-order valence-corrected chi connectivity index (χ2v) is 7.03. The second-order valence-electron chi connectivity index (χ2n) is 6.09. The molecular formula is C19H19F2N3O3S. The Morgan fingerprint density at radius 3 is 2.68 bits per heavy atom. The number of halogens is 2. The highest BCUT2D eigenvalue weighted by Gasteiger charge is 2.24. The Labute approximate surface area is 164 Å². The molecule has 1 N–H and O–H groups in total. The van der Waals surface area contributed by atoms with Crippen LogP contribution in [0.5, 0.6) is 0 Å². The Bertz CT molecular complexity index is 1040. The number of aromatic nitrogens is 3. The molecule has 0 radical (unpaired) electrons. The van der Waals surface area contributed by atoms with Crippen LogP contribution in [0, 0.1) is 13.8 Å². The minimum absolute atomic E-state index is 0.0658. The lowest BCUT2D eigenvalue weighted by atomic mass is 10.1. The molecule has 0 aliphatic heterocycles. The number of fused-ring (bicyclic) bond motifs is 1. The number of carbonyl (C=O) groups is 2. The molecule has 0 saturated carbocycles. The van der Waals surface area contributed by atoms with Crippen molar-refractivity contribution in [3.63, 3.8) is 0 Å². The normalized spacial score (nSPS) is 11.4. The number of nitrogens with zero attached hydrogens (tertiary/aromatic N) is 2. The first-order chi connectivity index (χ1) is 13.3. The Kier molecular flexibility index (Phi) is 5.83. The highest BCUT2D eigenvalue weighted by Crippen LogP contribution is 2.30. The van der Waals surface area contributed by atoms with Crippen molar-refractivity contribution >= 4 is 34.5 Å². The van der Waals surface area contributed by atoms with Gasteiger partial charge in [-0.05, 0) is 38.5 Å². The van der Waals surface area contributed by atoms with E-state index in [1.54, 1.807) is 45.0 Å². The van der Waals surface area contributed by atoms with Gasteiger partial charge in [-0.15, -0.1) is 0 Å². The van der Waals surface area contributed by atoms with Crippen LogP contribution in [0.1, 0.15) is 45.6 Å². The predicted molar refractivity (Wildman–Crippen MR) is 102 cm³/mol. The number of nitrogens with one attached hydrogen (secondary N) is 1. The zero-order valence-electron chi connectivity index (χ0n) is 15.6. The van der Waals surface area contributed by atoms with E-state index in [9.17, 15) is 18.4 Å². The number of rotatable bonds is 7. The number of hydrogen-bond donors (Lipinski definition) is 1. The van der Waals surface area contributed by atoms with Gasteiger partial charge in [-0.3, -0.25) is 9.36 Å². The summed E-state index contributed by atoms with van der Waals surface area (Å²) < 4.78 is 32.8. The maximum absolute atomic E-state index is 13.5. The number of thioether (sulfide) groups is 1. The summed E-state index contributed by atoms with van der Waals surface area (Å²) >= 11 is 0.933. The highest BCUT2D eigenvalue weighted by molar-refractivity contribution is 7.99. The third-order valence-corrected chi connectivity index (χ3v) is 5.24. The van der Waals surface area contributed by atoms with Gasteiger partial charge in [0.15, 0.2) is 10.9 Å². The SMILES string of the molecule is CCOC(=O)c1c(C)[nH]c(C(=O)CSc2nc3ccccc3n2C(F)F)c1C. The number of carbonyl (C=O) groups excluding carboxylic acids is 2. The van der Waals surface area contributed by atoms with Gasteiger partial charge in [-0.2, -0.15) is 8.78 Å². The lowest BCUT2D eigenvalue weighted by Crippen LogP contribution is -2.09. The number of benzene rings is 1. The minimum Gasteiger partial charge on any atom is -0.462 e. The number of esters is 1. The van der Waals surface area contributed by atoms with E-state index in [2.05, 4.69) is 9.97 Å². The molecule has 9 heteroatoms. The number of Topliss-reactive ketones (excluding diaryl/α,β-unsaturated/α-hetero) is 1. The molecule has 6 nitrogen and oxygen atoms in total. The summed E-state index contributed by atoms with van der Waals surface area (Å²) in [6.07, 6.45) is 0. The number of alkyl halides is 2. The van der Waals surface area contributed by atoms with E-state index in [1.165, 1.54) is 0 Å². The van der Waals surface area contributed by atoms with Crippen LogP contribution in [0.15, 0.2) is 29.4 Å². The van der Waals surface area contributed by atoms with Crippen LogP contribution in [0.25, 0.3) is 11.0 Å². The lowest BCUT2D eigenvalue weighted by Gasteiger charge is -2.07. The summed E-state index contributed by atoms with van der Waals surface area (Å²) in [5.41, 5.74) is 2.37. The Hall–Kier alpha value is -2.68. The number of hydrogen-bond acceptors (Lipinski definition) is 5. The summed E-state index contributed by atoms with van der Waals surface area (Å²) in [5, 5.41) is 0.0658. The average molecular weight is 407 g/mol. The zero-order valence-corrected chi connectivity index (χ0v) is 16.4. The minimum atomic E-state index is -2.77. The van der Waals surface area contributed by atoms with E-state index < -0.39 is 12.5 Å². The van der Waals surface area contributed by atoms with Crippen LogP contribution in [0.4, 0.5) is 8.78 Å². The number of ketones is 1. The van der Waals surface area contributed by atoms with Crippen molar-refractivity contribution in [2.75, 3.05) is 12.4 Å². The number of ether oxygens (including phenoxy) is 1. The van der Waals surface area contributed by atoms with Crippen molar-refractivity contribution in [2.45, 2.75) is 32.5 Å². The second kappa shape index (κ2) is 8.14.